The number of benzene rings is 3. The van der Waals surface area contributed by atoms with Gasteiger partial charge in [0.25, 0.3) is 0 Å². The molecule has 360 valence electrons. The minimum Gasteiger partial charge on any atom is -0.480 e. The summed E-state index contributed by atoms with van der Waals surface area (Å²) in [5.74, 6) is -19.6. The number of carbonyl (C=O) groups is 9. The number of carboxylic acids is 6. The van der Waals surface area contributed by atoms with Crippen LogP contribution in [0.1, 0.15) is 0 Å². The van der Waals surface area contributed by atoms with Crippen molar-refractivity contribution in [2.24, 2.45) is 32.7 Å². The molecule has 0 spiro atoms. The van der Waals surface area contributed by atoms with E-state index in [4.69, 9.17) is 14.2 Å². The van der Waals surface area contributed by atoms with Gasteiger partial charge in [0.05, 0.1) is 67.6 Å². The second kappa shape index (κ2) is 21.1. The molecule has 7 rings (SSSR count). The molecule has 3 aromatic carbocycles. The average molecular weight is 979 g/mol. The Hall–Kier alpha value is -10.7. The number of aliphatic carboxylic acids is 6. The maximum atomic E-state index is 13.1. The highest BCUT2D eigenvalue weighted by Crippen LogP contribution is 2.36. The zero-order chi connectivity index (χ0) is 51.8. The summed E-state index contributed by atoms with van der Waals surface area (Å²) in [6.07, 6.45) is 2.05. The van der Waals surface area contributed by atoms with Crippen molar-refractivity contribution in [1.29, 1.82) is 0 Å². The van der Waals surface area contributed by atoms with Crippen molar-refractivity contribution in [3.8, 4) is 18.0 Å². The van der Waals surface area contributed by atoms with Gasteiger partial charge in [-0.25, -0.2) is 14.4 Å². The van der Waals surface area contributed by atoms with Gasteiger partial charge in [0.15, 0.2) is 36.6 Å². The Morgan fingerprint density at radius 2 is 0.639 bits per heavy atom. The Kier molecular flexibility index (Phi) is 14.4. The molecular weight excluding hydrogens is 949 g/mol. The number of carboxylic acid groups (broad SMARTS) is 6. The molecule has 72 heavy (non-hydrogen) atoms. The molecule has 0 aliphatic heterocycles. The first kappa shape index (κ1) is 49.3. The summed E-state index contributed by atoms with van der Waals surface area (Å²) in [6, 6.07) is 18.9. The highest BCUT2D eigenvalue weighted by molar-refractivity contribution is 6.29. The lowest BCUT2D eigenvalue weighted by Gasteiger charge is -2.25. The third-order valence-corrected chi connectivity index (χ3v) is 10.2. The summed E-state index contributed by atoms with van der Waals surface area (Å²) in [4.78, 5) is 139. The van der Waals surface area contributed by atoms with Gasteiger partial charge in [0.1, 0.15) is 17.3 Å². The van der Waals surface area contributed by atoms with E-state index < -0.39 is 139 Å². The van der Waals surface area contributed by atoms with Crippen molar-refractivity contribution >= 4 is 88.9 Å². The molecule has 3 unspecified atom stereocenters. The largest absolute Gasteiger partial charge is 0.480 e. The number of nitrogens with zero attached hydrogens (tertiary/aromatic N) is 6. The molecule has 0 radical (unpaired) electrons. The quantitative estimate of drug-likeness (QED) is 0.0771. The molecule has 24 heteroatoms. The highest BCUT2D eigenvalue weighted by Gasteiger charge is 2.43. The standard InChI is InChI=1S/C48H30N6O18/c55-19-28-25(40(58)59)16-31(34(43(64)65)37(28)49-22-10-4-1-5-11-22)70-46-52-47(71-32-17-26(41(60)61)29(20-56)38(35(32)44(66)67)50-23-12-6-2-7-13-23)54-48(53-46)72-33-18-27(42(62)63)30(21-57)39(36(33)45(68)69)51-24-14-8-3-9-15-24/h1-21,34-36H,(H,58,59)(H,60,61)(H,62,63)(H,64,65)(H,66,67)(H,68,69). The number of rotatable bonds is 18. The van der Waals surface area contributed by atoms with Crippen molar-refractivity contribution in [3.63, 3.8) is 0 Å². The summed E-state index contributed by atoms with van der Waals surface area (Å²) in [5.41, 5.74) is -6.34. The Morgan fingerprint density at radius 3 is 0.833 bits per heavy atom. The molecule has 1 heterocycles. The third-order valence-electron chi connectivity index (χ3n) is 10.2. The number of carbonyl (C=O) groups excluding carboxylic acids is 3. The molecule has 24 nitrogen and oxygen atoms in total. The lowest BCUT2D eigenvalue weighted by atomic mass is 9.86. The van der Waals surface area contributed by atoms with Gasteiger partial charge in [-0.3, -0.25) is 43.7 Å². The number of ether oxygens (including phenoxy) is 3. The predicted molar refractivity (Wildman–Crippen MR) is 242 cm³/mol. The van der Waals surface area contributed by atoms with Crippen molar-refractivity contribution < 1.29 is 88.0 Å². The summed E-state index contributed by atoms with van der Waals surface area (Å²) >= 11 is 0. The van der Waals surface area contributed by atoms with E-state index in [9.17, 15) is 73.8 Å². The molecule has 0 saturated carbocycles. The van der Waals surface area contributed by atoms with Crippen LogP contribution in [-0.2, 0) is 43.2 Å². The van der Waals surface area contributed by atoms with Gasteiger partial charge in [-0.2, -0.15) is 0 Å². The zero-order valence-electron chi connectivity index (χ0n) is 36.1. The minimum absolute atomic E-state index is 0.0548. The van der Waals surface area contributed by atoms with E-state index in [1.54, 1.807) is 18.2 Å². The zero-order valence-corrected chi connectivity index (χ0v) is 36.1. The van der Waals surface area contributed by atoms with Crippen LogP contribution in [0.15, 0.2) is 175 Å². The van der Waals surface area contributed by atoms with Crippen LogP contribution in [0.4, 0.5) is 17.1 Å². The third kappa shape index (κ3) is 10.4. The maximum Gasteiger partial charge on any atom is 0.336 e. The summed E-state index contributed by atoms with van der Waals surface area (Å²) < 4.78 is 17.4. The van der Waals surface area contributed by atoms with E-state index in [0.29, 0.717) is 18.2 Å². The maximum absolute atomic E-state index is 13.1. The first-order chi connectivity index (χ1) is 34.5. The van der Waals surface area contributed by atoms with E-state index >= 15 is 0 Å². The second-order valence-corrected chi connectivity index (χ2v) is 14.7. The lowest BCUT2D eigenvalue weighted by Crippen LogP contribution is -2.35. The number of aromatic nitrogens is 3. The number of hydrogen-bond acceptors (Lipinski definition) is 18. The van der Waals surface area contributed by atoms with Crippen LogP contribution in [0.25, 0.3) is 0 Å². The smallest absolute Gasteiger partial charge is 0.336 e. The SMILES string of the molecule is O=CC1=C(C(=O)O)C=C(Oc2nc(OC3=CC(C(=O)O)=C(C=O)C(=Nc4ccccc4)C3C(=O)O)nc(OC3=CC(C(=O)O)=C(C=O)C(=Nc4ccccc4)C3C(=O)O)n2)C(C(=O)O)C1=Nc1ccccc1. The Labute approximate surface area is 401 Å². The highest BCUT2D eigenvalue weighted by atomic mass is 16.5. The molecule has 4 aromatic rings. The topological polar surface area (TPSA) is 378 Å². The van der Waals surface area contributed by atoms with Gasteiger partial charge in [-0.05, 0) is 54.6 Å². The minimum atomic E-state index is -2.13. The van der Waals surface area contributed by atoms with Gasteiger partial charge < -0.3 is 44.8 Å². The predicted octanol–water partition coefficient (Wildman–Crippen LogP) is 3.86. The molecule has 0 fully saturated rings. The molecule has 3 aliphatic carbocycles. The summed E-state index contributed by atoms with van der Waals surface area (Å²) in [5, 5.41) is 62.3. The Bertz CT molecular complexity index is 2940. The first-order valence-corrected chi connectivity index (χ1v) is 20.4. The van der Waals surface area contributed by atoms with Gasteiger partial charge in [-0.15, -0.1) is 15.0 Å². The second-order valence-electron chi connectivity index (χ2n) is 14.7. The van der Waals surface area contributed by atoms with E-state index in [-0.39, 0.29) is 35.9 Å². The first-order valence-electron chi connectivity index (χ1n) is 20.4. The van der Waals surface area contributed by atoms with Gasteiger partial charge in [0, 0.05) is 0 Å². The molecule has 1 aromatic heterocycles. The van der Waals surface area contributed by atoms with Crippen molar-refractivity contribution in [2.45, 2.75) is 0 Å². The molecule has 0 saturated heterocycles. The lowest BCUT2D eigenvalue weighted by molar-refractivity contribution is -0.140. The molecule has 6 N–H and O–H groups in total. The van der Waals surface area contributed by atoms with Crippen LogP contribution in [0.2, 0.25) is 0 Å². The van der Waals surface area contributed by atoms with Crippen LogP contribution in [-0.4, -0.2) is 117 Å². The van der Waals surface area contributed by atoms with Gasteiger partial charge in [0.2, 0.25) is 0 Å². The van der Waals surface area contributed by atoms with Crippen LogP contribution in [0.5, 0.6) is 18.0 Å². The number of aldehydes is 3. The van der Waals surface area contributed by atoms with Crippen LogP contribution < -0.4 is 14.2 Å². The fourth-order valence-corrected chi connectivity index (χ4v) is 7.15. The van der Waals surface area contributed by atoms with Crippen molar-refractivity contribution in [3.05, 3.63) is 160 Å². The monoisotopic (exact) mass is 978 g/mol. The van der Waals surface area contributed by atoms with Crippen LogP contribution in [0.3, 0.4) is 0 Å². The number of hydrogen-bond donors (Lipinski definition) is 6. The Morgan fingerprint density at radius 1 is 0.403 bits per heavy atom. The molecule has 3 atom stereocenters. The van der Waals surface area contributed by atoms with Gasteiger partial charge >= 0.3 is 53.8 Å². The average Bonchev–Trinajstić information content (AvgIpc) is 3.34. The van der Waals surface area contributed by atoms with Crippen LogP contribution in [0, 0.1) is 17.8 Å². The molecular formula is C48H30N6O18. The number of para-hydroxylation sites is 3. The van der Waals surface area contributed by atoms with Gasteiger partial charge in [-0.1, -0.05) is 54.6 Å². The van der Waals surface area contributed by atoms with E-state index in [2.05, 4.69) is 29.9 Å². The molecule has 0 amide bonds. The summed E-state index contributed by atoms with van der Waals surface area (Å²) in [7, 11) is 0. The van der Waals surface area contributed by atoms with E-state index in [1.165, 1.54) is 72.8 Å². The van der Waals surface area contributed by atoms with E-state index in [1.807, 2.05) is 0 Å². The fraction of sp³-hybridized carbons (Fsp3) is 0.0625. The normalized spacial score (nSPS) is 19.4. The van der Waals surface area contributed by atoms with Crippen molar-refractivity contribution in [1.82, 2.24) is 15.0 Å². The van der Waals surface area contributed by atoms with Crippen molar-refractivity contribution in [2.75, 3.05) is 0 Å². The molecule has 3 aliphatic rings. The molecule has 0 bridgehead atoms. The Balaban J connectivity index is 1.45. The number of aliphatic imine (C=N–C) groups is 3. The van der Waals surface area contributed by atoms with Crippen LogP contribution >= 0.6 is 0 Å². The van der Waals surface area contributed by atoms with E-state index in [0.717, 1.165) is 0 Å². The fourth-order valence-electron chi connectivity index (χ4n) is 7.15. The summed E-state index contributed by atoms with van der Waals surface area (Å²) in [6.45, 7) is 0. The number of allylic oxidation sites excluding steroid dienone is 3.